The second-order valence-electron chi connectivity index (χ2n) is 4.55. The van der Waals surface area contributed by atoms with Gasteiger partial charge in [0.15, 0.2) is 5.82 Å². The molecule has 7 nitrogen and oxygen atoms in total. The number of hydrogen-bond acceptors (Lipinski definition) is 6. The van der Waals surface area contributed by atoms with Crippen molar-refractivity contribution >= 4 is 11.7 Å². The Morgan fingerprint density at radius 1 is 1.47 bits per heavy atom. The van der Waals surface area contributed by atoms with Crippen LogP contribution in [0.1, 0.15) is 30.3 Å². The van der Waals surface area contributed by atoms with E-state index >= 15 is 0 Å². The van der Waals surface area contributed by atoms with Gasteiger partial charge >= 0.3 is 0 Å². The first kappa shape index (κ1) is 13.7. The van der Waals surface area contributed by atoms with Gasteiger partial charge in [-0.2, -0.15) is 0 Å². The summed E-state index contributed by atoms with van der Waals surface area (Å²) < 4.78 is 0. The van der Waals surface area contributed by atoms with Gasteiger partial charge in [-0.05, 0) is 19.4 Å². The lowest BCUT2D eigenvalue weighted by Gasteiger charge is -2.19. The highest BCUT2D eigenvalue weighted by Crippen LogP contribution is 2.25. The third-order valence-electron chi connectivity index (χ3n) is 3.19. The Morgan fingerprint density at radius 3 is 2.79 bits per heavy atom. The van der Waals surface area contributed by atoms with Gasteiger partial charge in [0.05, 0.1) is 12.4 Å². The summed E-state index contributed by atoms with van der Waals surface area (Å²) in [6.07, 6.45) is 5.39. The highest BCUT2D eigenvalue weighted by Gasteiger charge is 2.27. The molecule has 1 aliphatic carbocycles. The van der Waals surface area contributed by atoms with Gasteiger partial charge in [-0.3, -0.25) is 9.69 Å². The van der Waals surface area contributed by atoms with E-state index < -0.39 is 0 Å². The lowest BCUT2D eigenvalue weighted by molar-refractivity contribution is 0.0942. The summed E-state index contributed by atoms with van der Waals surface area (Å²) in [7, 11) is 0. The number of aromatic nitrogens is 2. The standard InChI is InChI=1S/C12H20N6O/c1-2-18(9-3-4-9)6-5-14-12(19)10-7-16-11(17-13)8-15-10/h7-9H,2-6,13H2,1H3,(H,14,19)(H,16,17). The van der Waals surface area contributed by atoms with Gasteiger partial charge in [0.2, 0.25) is 0 Å². The maximum absolute atomic E-state index is 11.8. The van der Waals surface area contributed by atoms with Crippen molar-refractivity contribution in [1.29, 1.82) is 0 Å². The highest BCUT2D eigenvalue weighted by atomic mass is 16.1. The fourth-order valence-corrected chi connectivity index (χ4v) is 1.96. The summed E-state index contributed by atoms with van der Waals surface area (Å²) in [5.41, 5.74) is 2.67. The van der Waals surface area contributed by atoms with E-state index in [0.29, 0.717) is 18.1 Å². The molecule has 1 aliphatic rings. The zero-order chi connectivity index (χ0) is 13.7. The molecule has 0 saturated heterocycles. The predicted molar refractivity (Wildman–Crippen MR) is 72.4 cm³/mol. The van der Waals surface area contributed by atoms with Crippen LogP contribution in [-0.4, -0.2) is 46.5 Å². The molecule has 0 unspecified atom stereocenters. The first-order valence-corrected chi connectivity index (χ1v) is 6.55. The van der Waals surface area contributed by atoms with Crippen molar-refractivity contribution in [3.05, 3.63) is 18.1 Å². The van der Waals surface area contributed by atoms with Crippen molar-refractivity contribution in [1.82, 2.24) is 20.2 Å². The number of carbonyl (C=O) groups excluding carboxylic acids is 1. The van der Waals surface area contributed by atoms with Crippen molar-refractivity contribution in [3.8, 4) is 0 Å². The van der Waals surface area contributed by atoms with Crippen LogP contribution in [0.15, 0.2) is 12.4 Å². The molecule has 1 saturated carbocycles. The minimum atomic E-state index is -0.206. The van der Waals surface area contributed by atoms with Crippen LogP contribution in [0.25, 0.3) is 0 Å². The van der Waals surface area contributed by atoms with Gasteiger partial charge in [0.25, 0.3) is 5.91 Å². The lowest BCUT2D eigenvalue weighted by atomic mass is 10.4. The third kappa shape index (κ3) is 3.87. The van der Waals surface area contributed by atoms with Crippen molar-refractivity contribution in [2.24, 2.45) is 5.84 Å². The van der Waals surface area contributed by atoms with Crippen molar-refractivity contribution in [3.63, 3.8) is 0 Å². The number of rotatable bonds is 7. The first-order valence-electron chi connectivity index (χ1n) is 6.55. The zero-order valence-electron chi connectivity index (χ0n) is 11.1. The average Bonchev–Trinajstić information content (AvgIpc) is 3.28. The van der Waals surface area contributed by atoms with Crippen LogP contribution < -0.4 is 16.6 Å². The number of nitrogens with zero attached hydrogens (tertiary/aromatic N) is 3. The number of amides is 1. The molecule has 1 amide bonds. The number of nitrogens with two attached hydrogens (primary N) is 1. The average molecular weight is 264 g/mol. The molecule has 104 valence electrons. The van der Waals surface area contributed by atoms with E-state index in [2.05, 4.69) is 32.5 Å². The Bertz CT molecular complexity index is 417. The number of hydrazine groups is 1. The van der Waals surface area contributed by atoms with Crippen LogP contribution in [0.3, 0.4) is 0 Å². The molecule has 0 aromatic carbocycles. The summed E-state index contributed by atoms with van der Waals surface area (Å²) in [5.74, 6) is 5.41. The molecular weight excluding hydrogens is 244 g/mol. The molecule has 1 aromatic rings. The fraction of sp³-hybridized carbons (Fsp3) is 0.583. The van der Waals surface area contributed by atoms with E-state index in [-0.39, 0.29) is 5.91 Å². The van der Waals surface area contributed by atoms with E-state index in [1.54, 1.807) is 0 Å². The zero-order valence-corrected chi connectivity index (χ0v) is 11.1. The normalized spacial score (nSPS) is 14.5. The maximum atomic E-state index is 11.8. The van der Waals surface area contributed by atoms with E-state index in [1.807, 2.05) is 0 Å². The number of hydrogen-bond donors (Lipinski definition) is 3. The molecule has 0 bridgehead atoms. The summed E-state index contributed by atoms with van der Waals surface area (Å²) in [6.45, 7) is 4.67. The molecule has 2 rings (SSSR count). The molecule has 0 spiro atoms. The molecular formula is C12H20N6O. The Hall–Kier alpha value is -1.73. The SMILES string of the molecule is CCN(CCNC(=O)c1cnc(NN)cn1)C1CC1. The van der Waals surface area contributed by atoms with Gasteiger partial charge in [0, 0.05) is 19.1 Å². The second-order valence-corrected chi connectivity index (χ2v) is 4.55. The Balaban J connectivity index is 1.76. The molecule has 4 N–H and O–H groups in total. The molecule has 1 aromatic heterocycles. The smallest absolute Gasteiger partial charge is 0.271 e. The van der Waals surface area contributed by atoms with E-state index in [9.17, 15) is 4.79 Å². The third-order valence-corrected chi connectivity index (χ3v) is 3.19. The lowest BCUT2D eigenvalue weighted by Crippen LogP contribution is -2.36. The number of carbonyl (C=O) groups is 1. The maximum Gasteiger partial charge on any atom is 0.271 e. The van der Waals surface area contributed by atoms with Gasteiger partial charge in [-0.1, -0.05) is 6.92 Å². The largest absolute Gasteiger partial charge is 0.349 e. The summed E-state index contributed by atoms with van der Waals surface area (Å²) >= 11 is 0. The van der Waals surface area contributed by atoms with Crippen LogP contribution in [0, 0.1) is 0 Å². The Kier molecular flexibility index (Phi) is 4.64. The Labute approximate surface area is 112 Å². The number of anilines is 1. The first-order chi connectivity index (χ1) is 9.24. The topological polar surface area (TPSA) is 96.2 Å². The van der Waals surface area contributed by atoms with Crippen molar-refractivity contribution in [2.75, 3.05) is 25.1 Å². The monoisotopic (exact) mass is 264 g/mol. The summed E-state index contributed by atoms with van der Waals surface area (Å²) in [4.78, 5) is 22.1. The van der Waals surface area contributed by atoms with Crippen LogP contribution in [0.4, 0.5) is 5.82 Å². The predicted octanol–water partition coefficient (Wildman–Crippen LogP) is -0.0237. The molecule has 1 heterocycles. The number of nitrogens with one attached hydrogen (secondary N) is 2. The highest BCUT2D eigenvalue weighted by molar-refractivity contribution is 5.91. The van der Waals surface area contributed by atoms with Gasteiger partial charge < -0.3 is 10.7 Å². The molecule has 1 fully saturated rings. The van der Waals surface area contributed by atoms with Gasteiger partial charge in [-0.15, -0.1) is 0 Å². The van der Waals surface area contributed by atoms with Crippen LogP contribution >= 0.6 is 0 Å². The molecule has 0 atom stereocenters. The van der Waals surface area contributed by atoms with Crippen molar-refractivity contribution in [2.45, 2.75) is 25.8 Å². The van der Waals surface area contributed by atoms with Gasteiger partial charge in [-0.25, -0.2) is 15.8 Å². The number of nitrogen functional groups attached to an aromatic ring is 1. The molecule has 19 heavy (non-hydrogen) atoms. The quantitative estimate of drug-likeness (QED) is 0.473. The summed E-state index contributed by atoms with van der Waals surface area (Å²) in [5, 5.41) is 2.85. The van der Waals surface area contributed by atoms with Gasteiger partial charge in [0.1, 0.15) is 5.69 Å². The second kappa shape index (κ2) is 6.44. The fourth-order valence-electron chi connectivity index (χ4n) is 1.96. The molecule has 7 heteroatoms. The van der Waals surface area contributed by atoms with Crippen LogP contribution in [0.5, 0.6) is 0 Å². The molecule has 0 aliphatic heterocycles. The van der Waals surface area contributed by atoms with Crippen molar-refractivity contribution < 1.29 is 4.79 Å². The van der Waals surface area contributed by atoms with Crippen LogP contribution in [-0.2, 0) is 0 Å². The van der Waals surface area contributed by atoms with E-state index in [0.717, 1.165) is 19.1 Å². The minimum Gasteiger partial charge on any atom is -0.349 e. The Morgan fingerprint density at radius 2 is 2.26 bits per heavy atom. The van der Waals surface area contributed by atoms with E-state index in [4.69, 9.17) is 5.84 Å². The molecule has 0 radical (unpaired) electrons. The number of likely N-dealkylation sites (N-methyl/N-ethyl adjacent to an activating group) is 1. The van der Waals surface area contributed by atoms with Crippen LogP contribution in [0.2, 0.25) is 0 Å². The minimum absolute atomic E-state index is 0.206. The van der Waals surface area contributed by atoms with E-state index in [1.165, 1.54) is 25.2 Å². The summed E-state index contributed by atoms with van der Waals surface area (Å²) in [6, 6.07) is 0.719.